The maximum absolute atomic E-state index is 13.7. The van der Waals surface area contributed by atoms with Crippen molar-refractivity contribution in [1.29, 1.82) is 5.26 Å². The van der Waals surface area contributed by atoms with Crippen molar-refractivity contribution in [1.82, 2.24) is 15.5 Å². The topological polar surface area (TPSA) is 115 Å². The normalized spacial score (nSPS) is 25.4. The molecule has 9 heteroatoms. The number of rotatable bonds is 7. The number of benzene rings is 1. The van der Waals surface area contributed by atoms with Crippen LogP contribution in [0.2, 0.25) is 0 Å². The molecule has 2 N–H and O–H groups in total. The summed E-state index contributed by atoms with van der Waals surface area (Å²) in [5.74, 6) is -0.844. The predicted molar refractivity (Wildman–Crippen MR) is 149 cm³/mol. The van der Waals surface area contributed by atoms with Gasteiger partial charge in [0.1, 0.15) is 17.5 Å². The minimum absolute atomic E-state index is 0.185. The molecule has 1 saturated carbocycles. The fourth-order valence-corrected chi connectivity index (χ4v) is 6.39. The standard InChI is InChI=1S/C29H39N5O3S/c1-17-14-20(23-19(3)31-16-38-23)9-10-21(17)18(2)32-25(35)22-8-7-13-34(22)26(36)24(28(4,5)6)33-27(37)29(15-30)11-12-29/h9-10,14,16,18-19,22-24H,7-8,11-13H2,1-6H3,(H,32,35)(H,33,37)/t18-,19?,22-,23?,24+/m0/s1. The number of nitriles is 1. The molecule has 0 radical (unpaired) electrons. The van der Waals surface area contributed by atoms with Crippen LogP contribution in [0.3, 0.4) is 0 Å². The summed E-state index contributed by atoms with van der Waals surface area (Å²) in [6.07, 6.45) is 2.32. The molecule has 38 heavy (non-hydrogen) atoms. The third-order valence-corrected chi connectivity index (χ3v) is 9.22. The Balaban J connectivity index is 1.44. The molecule has 8 nitrogen and oxygen atoms in total. The number of amides is 3. The van der Waals surface area contributed by atoms with Crippen molar-refractivity contribution in [2.75, 3.05) is 6.54 Å². The molecule has 0 spiro atoms. The summed E-state index contributed by atoms with van der Waals surface area (Å²) in [4.78, 5) is 46.0. The molecular weight excluding hydrogens is 498 g/mol. The highest BCUT2D eigenvalue weighted by Crippen LogP contribution is 2.45. The van der Waals surface area contributed by atoms with E-state index in [1.54, 1.807) is 16.7 Å². The molecule has 1 aromatic carbocycles. The van der Waals surface area contributed by atoms with E-state index in [0.29, 0.717) is 31.1 Å². The molecule has 2 aliphatic heterocycles. The van der Waals surface area contributed by atoms with Crippen LogP contribution in [0, 0.1) is 29.1 Å². The molecule has 3 amide bonds. The van der Waals surface area contributed by atoms with Crippen molar-refractivity contribution in [3.63, 3.8) is 0 Å². The zero-order valence-electron chi connectivity index (χ0n) is 23.2. The van der Waals surface area contributed by atoms with Crippen LogP contribution >= 0.6 is 11.8 Å². The van der Waals surface area contributed by atoms with Gasteiger partial charge in [-0.2, -0.15) is 5.26 Å². The molecule has 5 atom stereocenters. The molecular formula is C29H39N5O3S. The Morgan fingerprint density at radius 2 is 1.95 bits per heavy atom. The Morgan fingerprint density at radius 3 is 2.50 bits per heavy atom. The molecule has 2 unspecified atom stereocenters. The summed E-state index contributed by atoms with van der Waals surface area (Å²) in [5, 5.41) is 15.7. The van der Waals surface area contributed by atoms with Gasteiger partial charge in [-0.1, -0.05) is 39.0 Å². The van der Waals surface area contributed by atoms with E-state index >= 15 is 0 Å². The first-order valence-electron chi connectivity index (χ1n) is 13.5. The average Bonchev–Trinajstić information content (AvgIpc) is 3.28. The van der Waals surface area contributed by atoms with Crippen LogP contribution in [-0.2, 0) is 14.4 Å². The minimum Gasteiger partial charge on any atom is -0.348 e. The van der Waals surface area contributed by atoms with Gasteiger partial charge in [0, 0.05) is 6.54 Å². The smallest absolute Gasteiger partial charge is 0.246 e. The fourth-order valence-electron chi connectivity index (χ4n) is 5.40. The van der Waals surface area contributed by atoms with Gasteiger partial charge in [-0.3, -0.25) is 19.4 Å². The number of aryl methyl sites for hydroxylation is 1. The highest BCUT2D eigenvalue weighted by molar-refractivity contribution is 8.12. The zero-order valence-corrected chi connectivity index (χ0v) is 24.0. The Kier molecular flexibility index (Phi) is 7.94. The van der Waals surface area contributed by atoms with E-state index in [2.05, 4.69) is 53.7 Å². The summed E-state index contributed by atoms with van der Waals surface area (Å²) in [6.45, 7) is 12.3. The second-order valence-electron chi connectivity index (χ2n) is 12.1. The molecule has 4 rings (SSSR count). The second kappa shape index (κ2) is 10.7. The van der Waals surface area contributed by atoms with E-state index in [0.717, 1.165) is 17.5 Å². The third-order valence-electron chi connectivity index (χ3n) is 8.01. The van der Waals surface area contributed by atoms with E-state index in [1.807, 2.05) is 33.2 Å². The molecule has 0 bridgehead atoms. The van der Waals surface area contributed by atoms with E-state index in [1.165, 1.54) is 5.56 Å². The number of carbonyl (C=O) groups excluding carboxylic acids is 3. The Labute approximate surface area is 230 Å². The number of hydrogen-bond acceptors (Lipinski definition) is 6. The van der Waals surface area contributed by atoms with E-state index in [-0.39, 0.29) is 23.9 Å². The summed E-state index contributed by atoms with van der Waals surface area (Å²) in [7, 11) is 0. The lowest BCUT2D eigenvalue weighted by molar-refractivity contribution is -0.144. The highest BCUT2D eigenvalue weighted by Gasteiger charge is 2.53. The molecule has 1 aromatic rings. The van der Waals surface area contributed by atoms with Gasteiger partial charge in [-0.25, -0.2) is 0 Å². The number of thioether (sulfide) groups is 1. The molecule has 2 heterocycles. The summed E-state index contributed by atoms with van der Waals surface area (Å²) in [5.41, 5.74) is 3.70. The second-order valence-corrected chi connectivity index (χ2v) is 13.0. The van der Waals surface area contributed by atoms with E-state index in [4.69, 9.17) is 0 Å². The first-order chi connectivity index (χ1) is 17.9. The van der Waals surface area contributed by atoms with Crippen LogP contribution in [0.25, 0.3) is 0 Å². The van der Waals surface area contributed by atoms with Gasteiger partial charge >= 0.3 is 0 Å². The Bertz CT molecular complexity index is 1180. The van der Waals surface area contributed by atoms with Crippen molar-refractivity contribution in [3.8, 4) is 6.07 Å². The largest absolute Gasteiger partial charge is 0.348 e. The predicted octanol–water partition coefficient (Wildman–Crippen LogP) is 4.20. The number of likely N-dealkylation sites (tertiary alicyclic amines) is 1. The highest BCUT2D eigenvalue weighted by atomic mass is 32.2. The van der Waals surface area contributed by atoms with Gasteiger partial charge in [0.15, 0.2) is 0 Å². The Morgan fingerprint density at radius 1 is 1.24 bits per heavy atom. The van der Waals surface area contributed by atoms with E-state index in [9.17, 15) is 19.6 Å². The van der Waals surface area contributed by atoms with Crippen molar-refractivity contribution >= 4 is 35.0 Å². The quantitative estimate of drug-likeness (QED) is 0.541. The average molecular weight is 538 g/mol. The number of carbonyl (C=O) groups is 3. The van der Waals surface area contributed by atoms with Crippen LogP contribution in [0.1, 0.15) is 88.3 Å². The van der Waals surface area contributed by atoms with Crippen molar-refractivity contribution in [2.45, 2.75) is 96.6 Å². The summed E-state index contributed by atoms with van der Waals surface area (Å²) in [6, 6.07) is 7.08. The summed E-state index contributed by atoms with van der Waals surface area (Å²) < 4.78 is 0. The van der Waals surface area contributed by atoms with Crippen molar-refractivity contribution in [3.05, 3.63) is 34.9 Å². The monoisotopic (exact) mass is 537 g/mol. The van der Waals surface area contributed by atoms with Gasteiger partial charge in [0.05, 0.1) is 28.9 Å². The molecule has 204 valence electrons. The lowest BCUT2D eigenvalue weighted by Crippen LogP contribution is -2.58. The SMILES string of the molecule is Cc1cc(C2SC=NC2C)ccc1[C@H](C)NC(=O)[C@@H]1CCCN1C(=O)[C@@H](NC(=O)C1(C#N)CC1)C(C)(C)C. The maximum atomic E-state index is 13.7. The van der Waals surface area contributed by atoms with Gasteiger partial charge in [0.25, 0.3) is 0 Å². The van der Waals surface area contributed by atoms with Crippen LogP contribution in [0.15, 0.2) is 23.2 Å². The zero-order chi connectivity index (χ0) is 27.8. The number of hydrogen-bond donors (Lipinski definition) is 2. The molecule has 3 aliphatic rings. The number of nitrogens with one attached hydrogen (secondary N) is 2. The third kappa shape index (κ3) is 5.61. The first-order valence-corrected chi connectivity index (χ1v) is 14.4. The van der Waals surface area contributed by atoms with Gasteiger partial charge in [-0.05, 0) is 68.6 Å². The summed E-state index contributed by atoms with van der Waals surface area (Å²) >= 11 is 1.73. The van der Waals surface area contributed by atoms with Gasteiger partial charge in [-0.15, -0.1) is 11.8 Å². The van der Waals surface area contributed by atoms with Gasteiger partial charge < -0.3 is 15.5 Å². The first kappa shape index (κ1) is 28.2. The fraction of sp³-hybridized carbons (Fsp3) is 0.621. The van der Waals surface area contributed by atoms with Crippen molar-refractivity contribution < 1.29 is 14.4 Å². The van der Waals surface area contributed by atoms with Crippen molar-refractivity contribution in [2.24, 2.45) is 15.8 Å². The number of aliphatic imine (C=N–C) groups is 1. The van der Waals surface area contributed by atoms with Gasteiger partial charge in [0.2, 0.25) is 17.7 Å². The lowest BCUT2D eigenvalue weighted by atomic mass is 9.85. The minimum atomic E-state index is -1.02. The van der Waals surface area contributed by atoms with Crippen LogP contribution in [0.5, 0.6) is 0 Å². The number of nitrogens with zero attached hydrogens (tertiary/aromatic N) is 3. The lowest BCUT2D eigenvalue weighted by Gasteiger charge is -2.36. The maximum Gasteiger partial charge on any atom is 0.246 e. The Hall–Kier alpha value is -2.86. The molecule has 2 fully saturated rings. The molecule has 0 aromatic heterocycles. The van der Waals surface area contributed by atoms with Crippen LogP contribution in [-0.4, -0.2) is 52.8 Å². The van der Waals surface area contributed by atoms with Crippen LogP contribution < -0.4 is 10.6 Å². The van der Waals surface area contributed by atoms with Crippen LogP contribution in [0.4, 0.5) is 0 Å². The van der Waals surface area contributed by atoms with E-state index < -0.39 is 28.8 Å². The molecule has 1 aliphatic carbocycles. The molecule has 1 saturated heterocycles.